The number of rotatable bonds is 3. The molecule has 1 aliphatic heterocycles. The molecule has 98 valence electrons. The van der Waals surface area contributed by atoms with Gasteiger partial charge in [-0.3, -0.25) is 4.79 Å². The molecule has 1 unspecified atom stereocenters. The smallest absolute Gasteiger partial charge is 0.255 e. The van der Waals surface area contributed by atoms with Crippen LogP contribution in [0.5, 0.6) is 0 Å². The summed E-state index contributed by atoms with van der Waals surface area (Å²) < 4.78 is 0. The van der Waals surface area contributed by atoms with Crippen molar-refractivity contribution in [3.63, 3.8) is 0 Å². The van der Waals surface area contributed by atoms with Crippen molar-refractivity contribution in [3.8, 4) is 0 Å². The van der Waals surface area contributed by atoms with E-state index in [1.807, 2.05) is 23.3 Å². The third kappa shape index (κ3) is 2.86. The molecule has 1 fully saturated rings. The molecule has 2 nitrogen and oxygen atoms in total. The molecule has 5 heteroatoms. The van der Waals surface area contributed by atoms with Crippen molar-refractivity contribution in [3.05, 3.63) is 28.8 Å². The van der Waals surface area contributed by atoms with Crippen LogP contribution >= 0.6 is 39.3 Å². The average Bonchev–Trinajstić information content (AvgIpc) is 2.86. The Morgan fingerprint density at radius 2 is 2.39 bits per heavy atom. The normalized spacial score (nSPS) is 19.3. The number of hydrogen-bond donors (Lipinski definition) is 0. The second-order valence-electron chi connectivity index (χ2n) is 4.29. The highest BCUT2D eigenvalue weighted by Crippen LogP contribution is 2.27. The van der Waals surface area contributed by atoms with Gasteiger partial charge in [0.2, 0.25) is 0 Å². The van der Waals surface area contributed by atoms with E-state index >= 15 is 0 Å². The molecule has 1 aromatic rings. The predicted octanol–water partition coefficient (Wildman–Crippen LogP) is 4.06. The van der Waals surface area contributed by atoms with Crippen molar-refractivity contribution in [2.75, 3.05) is 18.1 Å². The van der Waals surface area contributed by atoms with Crippen LogP contribution in [0.4, 0.5) is 0 Å². The van der Waals surface area contributed by atoms with E-state index in [1.54, 1.807) is 17.8 Å². The zero-order chi connectivity index (χ0) is 13.1. The van der Waals surface area contributed by atoms with Gasteiger partial charge in [0, 0.05) is 22.8 Å². The van der Waals surface area contributed by atoms with Crippen LogP contribution in [0.1, 0.15) is 23.2 Å². The lowest BCUT2D eigenvalue weighted by Crippen LogP contribution is -2.36. The molecule has 1 saturated heterocycles. The summed E-state index contributed by atoms with van der Waals surface area (Å²) in [4.78, 5) is 15.5. The number of amides is 1. The van der Waals surface area contributed by atoms with Gasteiger partial charge in [-0.25, -0.2) is 0 Å². The van der Waals surface area contributed by atoms with E-state index < -0.39 is 0 Å². The monoisotopic (exact) mass is 347 g/mol. The topological polar surface area (TPSA) is 20.3 Å². The number of alkyl halides is 1. The van der Waals surface area contributed by atoms with E-state index in [0.29, 0.717) is 16.6 Å². The Balaban J connectivity index is 2.27. The zero-order valence-electron chi connectivity index (χ0n) is 10.2. The van der Waals surface area contributed by atoms with Gasteiger partial charge in [-0.15, -0.1) is 11.8 Å². The molecule has 1 aliphatic rings. The Bertz CT molecular complexity index is 455. The summed E-state index contributed by atoms with van der Waals surface area (Å²) in [5, 5.41) is 1.37. The zero-order valence-corrected chi connectivity index (χ0v) is 13.3. The second kappa shape index (κ2) is 6.31. The highest BCUT2D eigenvalue weighted by molar-refractivity contribution is 9.09. The van der Waals surface area contributed by atoms with E-state index in [4.69, 9.17) is 11.6 Å². The van der Waals surface area contributed by atoms with Gasteiger partial charge in [0.05, 0.1) is 10.6 Å². The van der Waals surface area contributed by atoms with Crippen LogP contribution in [-0.4, -0.2) is 35.0 Å². The van der Waals surface area contributed by atoms with Crippen molar-refractivity contribution >= 4 is 45.2 Å². The van der Waals surface area contributed by atoms with Crippen molar-refractivity contribution in [2.24, 2.45) is 0 Å². The average molecular weight is 349 g/mol. The number of halogens is 2. The molecule has 2 rings (SSSR count). The molecule has 1 atom stereocenters. The van der Waals surface area contributed by atoms with Crippen molar-refractivity contribution < 1.29 is 4.79 Å². The third-order valence-electron chi connectivity index (χ3n) is 3.22. The lowest BCUT2D eigenvalue weighted by atomic mass is 10.2. The van der Waals surface area contributed by atoms with Crippen LogP contribution in [0.3, 0.4) is 0 Å². The number of likely N-dealkylation sites (tertiary alicyclic amines) is 1. The number of thioether (sulfide) groups is 1. The van der Waals surface area contributed by atoms with E-state index in [0.717, 1.165) is 29.6 Å². The van der Waals surface area contributed by atoms with Crippen LogP contribution in [0.15, 0.2) is 23.1 Å². The molecule has 0 N–H and O–H groups in total. The number of benzene rings is 1. The quantitative estimate of drug-likeness (QED) is 0.606. The first-order valence-electron chi connectivity index (χ1n) is 5.88. The van der Waals surface area contributed by atoms with Crippen LogP contribution < -0.4 is 0 Å². The van der Waals surface area contributed by atoms with Gasteiger partial charge in [0.1, 0.15) is 0 Å². The van der Waals surface area contributed by atoms with Crippen LogP contribution in [0.2, 0.25) is 5.02 Å². The lowest BCUT2D eigenvalue weighted by molar-refractivity contribution is 0.0750. The van der Waals surface area contributed by atoms with Crippen LogP contribution in [0.25, 0.3) is 0 Å². The Kier molecular flexibility index (Phi) is 4.98. The highest BCUT2D eigenvalue weighted by Gasteiger charge is 2.29. The fourth-order valence-corrected chi connectivity index (χ4v) is 3.52. The van der Waals surface area contributed by atoms with Crippen molar-refractivity contribution in [2.45, 2.75) is 23.8 Å². The largest absolute Gasteiger partial charge is 0.335 e. The molecule has 1 heterocycles. The SMILES string of the molecule is CSc1ccc(Cl)c(C(=O)N2CCCC2CBr)c1. The summed E-state index contributed by atoms with van der Waals surface area (Å²) in [7, 11) is 0. The van der Waals surface area contributed by atoms with Gasteiger partial charge in [0.25, 0.3) is 5.91 Å². The van der Waals surface area contributed by atoms with Gasteiger partial charge in [-0.2, -0.15) is 0 Å². The first-order chi connectivity index (χ1) is 8.67. The van der Waals surface area contributed by atoms with Crippen LogP contribution in [-0.2, 0) is 0 Å². The van der Waals surface area contributed by atoms with Gasteiger partial charge >= 0.3 is 0 Å². The summed E-state index contributed by atoms with van der Waals surface area (Å²) in [6.07, 6.45) is 4.13. The third-order valence-corrected chi connectivity index (χ3v) is 5.02. The molecule has 0 aromatic heterocycles. The van der Waals surface area contributed by atoms with E-state index in [9.17, 15) is 4.79 Å². The molecule has 1 aromatic carbocycles. The summed E-state index contributed by atoms with van der Waals surface area (Å²) >= 11 is 11.2. The molecular weight excluding hydrogens is 334 g/mol. The maximum atomic E-state index is 12.5. The first-order valence-corrected chi connectivity index (χ1v) is 8.60. The predicted molar refractivity (Wildman–Crippen MR) is 81.1 cm³/mol. The molecule has 0 radical (unpaired) electrons. The Morgan fingerprint density at radius 1 is 1.61 bits per heavy atom. The van der Waals surface area contributed by atoms with Crippen molar-refractivity contribution in [1.82, 2.24) is 4.90 Å². The highest BCUT2D eigenvalue weighted by atomic mass is 79.9. The number of carbonyl (C=O) groups is 1. The number of hydrogen-bond acceptors (Lipinski definition) is 2. The fraction of sp³-hybridized carbons (Fsp3) is 0.462. The first kappa shape index (κ1) is 14.2. The van der Waals surface area contributed by atoms with Gasteiger partial charge in [-0.05, 0) is 37.3 Å². The summed E-state index contributed by atoms with van der Waals surface area (Å²) in [5.74, 6) is 0.0536. The maximum Gasteiger partial charge on any atom is 0.255 e. The molecule has 0 aliphatic carbocycles. The Morgan fingerprint density at radius 3 is 3.06 bits per heavy atom. The molecular formula is C13H15BrClNOS. The van der Waals surface area contributed by atoms with Gasteiger partial charge in [-0.1, -0.05) is 27.5 Å². The summed E-state index contributed by atoms with van der Waals surface area (Å²) in [5.41, 5.74) is 0.622. The molecule has 0 bridgehead atoms. The van der Waals surface area contributed by atoms with E-state index in [-0.39, 0.29) is 5.91 Å². The van der Waals surface area contributed by atoms with E-state index in [1.165, 1.54) is 0 Å². The summed E-state index contributed by atoms with van der Waals surface area (Å²) in [6, 6.07) is 5.93. The van der Waals surface area contributed by atoms with Gasteiger partial charge in [0.15, 0.2) is 0 Å². The standard InChI is InChI=1S/C13H15BrClNOS/c1-18-10-4-5-12(15)11(7-10)13(17)16-6-2-3-9(16)8-14/h4-5,7,9H,2-3,6,8H2,1H3. The lowest BCUT2D eigenvalue weighted by Gasteiger charge is -2.23. The molecule has 0 saturated carbocycles. The van der Waals surface area contributed by atoms with E-state index in [2.05, 4.69) is 15.9 Å². The molecule has 0 spiro atoms. The second-order valence-corrected chi connectivity index (χ2v) is 6.23. The minimum atomic E-state index is 0.0536. The molecule has 1 amide bonds. The number of nitrogens with zero attached hydrogens (tertiary/aromatic N) is 1. The van der Waals surface area contributed by atoms with Crippen molar-refractivity contribution in [1.29, 1.82) is 0 Å². The van der Waals surface area contributed by atoms with Gasteiger partial charge < -0.3 is 4.90 Å². The van der Waals surface area contributed by atoms with Crippen LogP contribution in [0, 0.1) is 0 Å². The summed E-state index contributed by atoms with van der Waals surface area (Å²) in [6.45, 7) is 0.828. The Labute approximate surface area is 125 Å². The Hall–Kier alpha value is -0.190. The molecule has 18 heavy (non-hydrogen) atoms. The number of carbonyl (C=O) groups excluding carboxylic acids is 1. The minimum absolute atomic E-state index is 0.0536. The fourth-order valence-electron chi connectivity index (χ4n) is 2.21. The maximum absolute atomic E-state index is 12.5. The minimum Gasteiger partial charge on any atom is -0.335 e.